The third-order valence-corrected chi connectivity index (χ3v) is 5.81. The average Bonchev–Trinajstić information content (AvgIpc) is 3.29. The van der Waals surface area contributed by atoms with E-state index in [0.717, 1.165) is 22.2 Å². The van der Waals surface area contributed by atoms with Crippen LogP contribution in [0.1, 0.15) is 11.5 Å². The van der Waals surface area contributed by atoms with Gasteiger partial charge in [-0.05, 0) is 30.7 Å². The lowest BCUT2D eigenvalue weighted by molar-refractivity contribution is -0.250. The fraction of sp³-hybridized carbons (Fsp3) is 0.400. The molecule has 1 saturated carbocycles. The number of ether oxygens (including phenoxy) is 3. The van der Waals surface area contributed by atoms with Crippen molar-refractivity contribution in [2.45, 2.75) is 18.8 Å². The average molecular weight is 353 g/mol. The zero-order chi connectivity index (χ0) is 18.1. The highest BCUT2D eigenvalue weighted by atomic mass is 16.7. The lowest BCUT2D eigenvalue weighted by Gasteiger charge is -2.51. The summed E-state index contributed by atoms with van der Waals surface area (Å²) in [7, 11) is 2.99. The van der Waals surface area contributed by atoms with Crippen LogP contribution < -0.4 is 0 Å². The van der Waals surface area contributed by atoms with E-state index in [1.807, 2.05) is 37.3 Å². The van der Waals surface area contributed by atoms with Crippen molar-refractivity contribution < 1.29 is 23.4 Å². The molecule has 6 nitrogen and oxygen atoms in total. The number of rotatable bonds is 3. The Balaban J connectivity index is 1.70. The number of ketones is 1. The molecule has 26 heavy (non-hydrogen) atoms. The Labute approximate surface area is 150 Å². The second-order valence-electron chi connectivity index (χ2n) is 7.06. The summed E-state index contributed by atoms with van der Waals surface area (Å²) in [5, 5.41) is 0. The highest BCUT2D eigenvalue weighted by molar-refractivity contribution is 5.98. The first kappa shape index (κ1) is 15.8. The third-order valence-electron chi connectivity index (χ3n) is 5.81. The molecule has 0 saturated heterocycles. The van der Waals surface area contributed by atoms with Crippen molar-refractivity contribution in [2.24, 2.45) is 17.8 Å². The van der Waals surface area contributed by atoms with Crippen LogP contribution in [0.2, 0.25) is 0 Å². The van der Waals surface area contributed by atoms with Crippen LogP contribution in [0.3, 0.4) is 0 Å². The van der Waals surface area contributed by atoms with E-state index in [0.29, 0.717) is 5.89 Å². The maximum atomic E-state index is 13.1. The molecule has 2 aromatic rings. The van der Waals surface area contributed by atoms with Gasteiger partial charge in [-0.1, -0.05) is 12.1 Å². The van der Waals surface area contributed by atoms with Crippen molar-refractivity contribution in [3.05, 3.63) is 48.1 Å². The standard InChI is InChI=1S/C20H19NO5/c1-10-4-5-14-15(8-10)26-19(21-14)13-9-12-11-6-7-25-17(11)16(13)20(23-2,24-3)18(12)22/h4-9,11-12,16-17H,1-3H3/t11-,12+,16-,17-/m0/s1. The van der Waals surface area contributed by atoms with Crippen LogP contribution in [0.25, 0.3) is 16.7 Å². The van der Waals surface area contributed by atoms with Crippen molar-refractivity contribution in [2.75, 3.05) is 14.2 Å². The molecular formula is C20H19NO5. The molecule has 1 aromatic carbocycles. The normalized spacial score (nSPS) is 31.2. The SMILES string of the molecule is COC1(OC)C(=O)[C@@H]2C=C(c3nc4ccc(C)cc4o3)[C@H]1[C@H]1OC=C[C@H]12. The Morgan fingerprint density at radius 2 is 2.04 bits per heavy atom. The van der Waals surface area contributed by atoms with Crippen LogP contribution >= 0.6 is 0 Å². The molecule has 0 N–H and O–H groups in total. The number of carbonyl (C=O) groups excluding carboxylic acids is 1. The summed E-state index contributed by atoms with van der Waals surface area (Å²) >= 11 is 0. The number of hydrogen-bond acceptors (Lipinski definition) is 6. The van der Waals surface area contributed by atoms with E-state index in [1.165, 1.54) is 14.2 Å². The van der Waals surface area contributed by atoms with Crippen LogP contribution in [0, 0.1) is 24.7 Å². The van der Waals surface area contributed by atoms with E-state index in [9.17, 15) is 4.79 Å². The maximum absolute atomic E-state index is 13.1. The maximum Gasteiger partial charge on any atom is 0.240 e. The van der Waals surface area contributed by atoms with E-state index < -0.39 is 17.6 Å². The summed E-state index contributed by atoms with van der Waals surface area (Å²) in [6, 6.07) is 5.88. The van der Waals surface area contributed by atoms with Gasteiger partial charge in [-0.3, -0.25) is 4.79 Å². The van der Waals surface area contributed by atoms with Gasteiger partial charge in [0.15, 0.2) is 11.4 Å². The summed E-state index contributed by atoms with van der Waals surface area (Å²) in [6.45, 7) is 2.01. The molecule has 4 aliphatic rings. The Kier molecular flexibility index (Phi) is 3.21. The smallest absolute Gasteiger partial charge is 0.240 e. The molecule has 134 valence electrons. The number of aryl methyl sites for hydroxylation is 1. The van der Waals surface area contributed by atoms with Gasteiger partial charge in [0.05, 0.1) is 18.1 Å². The molecule has 3 aliphatic carbocycles. The monoisotopic (exact) mass is 353 g/mol. The topological polar surface area (TPSA) is 70.8 Å². The largest absolute Gasteiger partial charge is 0.497 e. The van der Waals surface area contributed by atoms with Crippen molar-refractivity contribution >= 4 is 22.5 Å². The van der Waals surface area contributed by atoms with Crippen LogP contribution in [0.5, 0.6) is 0 Å². The number of oxazole rings is 1. The first-order valence-corrected chi connectivity index (χ1v) is 8.65. The lowest BCUT2D eigenvalue weighted by Crippen LogP contribution is -2.65. The Morgan fingerprint density at radius 1 is 1.23 bits per heavy atom. The first-order valence-electron chi connectivity index (χ1n) is 8.65. The summed E-state index contributed by atoms with van der Waals surface area (Å²) in [6.07, 6.45) is 5.31. The molecule has 0 spiro atoms. The van der Waals surface area contributed by atoms with Gasteiger partial charge in [-0.25, -0.2) is 4.98 Å². The molecule has 4 atom stereocenters. The number of allylic oxidation sites excluding steroid dienone is 1. The molecule has 6 rings (SSSR count). The number of methoxy groups -OCH3 is 2. The predicted molar refractivity (Wildman–Crippen MR) is 93.0 cm³/mol. The zero-order valence-electron chi connectivity index (χ0n) is 14.8. The first-order chi connectivity index (χ1) is 12.6. The number of aromatic nitrogens is 1. The highest BCUT2D eigenvalue weighted by Crippen LogP contribution is 2.55. The zero-order valence-corrected chi connectivity index (χ0v) is 14.8. The number of benzene rings is 1. The highest BCUT2D eigenvalue weighted by Gasteiger charge is 2.66. The van der Waals surface area contributed by atoms with E-state index in [4.69, 9.17) is 18.6 Å². The molecule has 1 aliphatic heterocycles. The predicted octanol–water partition coefficient (Wildman–Crippen LogP) is 2.87. The molecule has 0 unspecified atom stereocenters. The van der Waals surface area contributed by atoms with E-state index >= 15 is 0 Å². The third kappa shape index (κ3) is 1.83. The van der Waals surface area contributed by atoms with Gasteiger partial charge in [-0.2, -0.15) is 0 Å². The van der Waals surface area contributed by atoms with Gasteiger partial charge in [0.25, 0.3) is 0 Å². The van der Waals surface area contributed by atoms with Crippen molar-refractivity contribution in [3.8, 4) is 0 Å². The fourth-order valence-electron chi connectivity index (χ4n) is 4.59. The number of Topliss-reactive ketones (excluding diaryl/α,β-unsaturated/α-hetero) is 1. The van der Waals surface area contributed by atoms with Crippen molar-refractivity contribution in [3.63, 3.8) is 0 Å². The van der Waals surface area contributed by atoms with Crippen LogP contribution in [-0.4, -0.2) is 36.9 Å². The van der Waals surface area contributed by atoms with E-state index in [-0.39, 0.29) is 17.8 Å². The molecule has 2 heterocycles. The number of nitrogens with zero attached hydrogens (tertiary/aromatic N) is 1. The van der Waals surface area contributed by atoms with Crippen molar-refractivity contribution in [1.29, 1.82) is 0 Å². The van der Waals surface area contributed by atoms with Crippen LogP contribution in [0.4, 0.5) is 0 Å². The number of carbonyl (C=O) groups is 1. The molecule has 1 aromatic heterocycles. The van der Waals surface area contributed by atoms with Gasteiger partial charge in [0.2, 0.25) is 11.7 Å². The van der Waals surface area contributed by atoms with Crippen LogP contribution in [-0.2, 0) is 19.0 Å². The summed E-state index contributed by atoms with van der Waals surface area (Å²) in [5.41, 5.74) is 3.40. The van der Waals surface area contributed by atoms with Gasteiger partial charge in [0.1, 0.15) is 11.6 Å². The van der Waals surface area contributed by atoms with E-state index in [2.05, 4.69) is 4.98 Å². The van der Waals surface area contributed by atoms with Gasteiger partial charge in [-0.15, -0.1) is 0 Å². The Morgan fingerprint density at radius 3 is 2.81 bits per heavy atom. The molecule has 2 bridgehead atoms. The van der Waals surface area contributed by atoms with E-state index in [1.54, 1.807) is 6.26 Å². The quantitative estimate of drug-likeness (QED) is 0.790. The molecule has 6 heteroatoms. The number of fused-ring (bicyclic) bond motifs is 2. The molecule has 0 amide bonds. The van der Waals surface area contributed by atoms with Crippen molar-refractivity contribution in [1.82, 2.24) is 4.98 Å². The Bertz CT molecular complexity index is 968. The number of hydrogen-bond donors (Lipinski definition) is 0. The molecule has 0 radical (unpaired) electrons. The fourth-order valence-corrected chi connectivity index (χ4v) is 4.59. The van der Waals surface area contributed by atoms with Gasteiger partial charge in [0, 0.05) is 25.7 Å². The van der Waals surface area contributed by atoms with Gasteiger partial charge < -0.3 is 18.6 Å². The minimum absolute atomic E-state index is 0.0127. The minimum atomic E-state index is -1.39. The lowest BCUT2D eigenvalue weighted by atomic mass is 9.60. The second kappa shape index (κ2) is 5.28. The van der Waals surface area contributed by atoms with Gasteiger partial charge >= 0.3 is 0 Å². The molecule has 1 fully saturated rings. The molecular weight excluding hydrogens is 334 g/mol. The Hall–Kier alpha value is -2.44. The minimum Gasteiger partial charge on any atom is -0.497 e. The second-order valence-corrected chi connectivity index (χ2v) is 7.06. The van der Waals surface area contributed by atoms with Crippen LogP contribution in [0.15, 0.2) is 41.0 Å². The summed E-state index contributed by atoms with van der Waals surface area (Å²) in [5.74, 6) is -1.85. The summed E-state index contributed by atoms with van der Waals surface area (Å²) in [4.78, 5) is 17.7. The summed E-state index contributed by atoms with van der Waals surface area (Å²) < 4.78 is 23.1.